The van der Waals surface area contributed by atoms with Crippen LogP contribution >= 0.6 is 0 Å². The minimum Gasteiger partial charge on any atom is -0.308 e. The average molecular weight is 1590 g/mol. The molecular weight excluding hydrogens is 1520 g/mol. The summed E-state index contributed by atoms with van der Waals surface area (Å²) in [5, 5.41) is 16.1. The van der Waals surface area contributed by atoms with Gasteiger partial charge in [0.1, 0.15) is 11.6 Å². The molecule has 0 unspecified atom stereocenters. The molecule has 7 aromatic heterocycles. The molecule has 0 N–H and O–H groups in total. The SMILES string of the molecule is N#Cc1c(-n2c3ccc(-c4nc(-c5ccccc5)nc(-c5ccccc5)n4)cc3c3cc(-c4nc(-c5ccccc5)nc(-c5ccccc5)n4)ccc32)cc(-c2nc(-c3ccccc3)cc(-c3ccccc3)n2)cc1-n1c2ccc(-c3nc(-c4ccccc4)nc(-c4ccccc4)n3)cc2c2cc(-c3nc(-c4ccccc4)nc(-c4ccccc4)n3)ccc21. The molecule has 0 amide bonds. The number of hydrogen-bond donors (Lipinski definition) is 0. The van der Waals surface area contributed by atoms with Crippen molar-refractivity contribution in [1.29, 1.82) is 5.26 Å². The van der Waals surface area contributed by atoms with E-state index < -0.39 is 0 Å². The Kier molecular flexibility index (Phi) is 18.5. The Hall–Kier alpha value is -17.5. The molecule has 17 nitrogen and oxygen atoms in total. The summed E-state index contributed by atoms with van der Waals surface area (Å²) in [6.45, 7) is 0. The van der Waals surface area contributed by atoms with Gasteiger partial charge >= 0.3 is 0 Å². The number of nitrogens with zero attached hydrogens (tertiary/aromatic N) is 17. The maximum Gasteiger partial charge on any atom is 0.164 e. The summed E-state index contributed by atoms with van der Waals surface area (Å²) in [5.41, 5.74) is 17.8. The molecule has 17 heteroatoms. The molecule has 124 heavy (non-hydrogen) atoms. The van der Waals surface area contributed by atoms with Gasteiger partial charge in [0.25, 0.3) is 0 Å². The number of hydrogen-bond acceptors (Lipinski definition) is 15. The molecule has 0 atom stereocenters. The fraction of sp³-hybridized carbons (Fsp3) is 0. The molecule has 0 spiro atoms. The van der Waals surface area contributed by atoms with Crippen LogP contribution in [0.4, 0.5) is 0 Å². The third-order valence-electron chi connectivity index (χ3n) is 22.2. The van der Waals surface area contributed by atoms with Crippen molar-refractivity contribution in [3.05, 3.63) is 400 Å². The van der Waals surface area contributed by atoms with Crippen molar-refractivity contribution in [3.63, 3.8) is 0 Å². The Labute approximate surface area is 711 Å². The molecule has 0 radical (unpaired) electrons. The first-order valence-corrected chi connectivity index (χ1v) is 40.6. The van der Waals surface area contributed by atoms with Crippen molar-refractivity contribution in [3.8, 4) is 188 Å². The highest BCUT2D eigenvalue weighted by Crippen LogP contribution is 2.45. The van der Waals surface area contributed by atoms with E-state index in [1.807, 2.05) is 285 Å². The molecule has 22 aromatic rings. The van der Waals surface area contributed by atoms with Crippen molar-refractivity contribution in [2.45, 2.75) is 0 Å². The minimum absolute atomic E-state index is 0.329. The molecular formula is C107H65N17. The van der Waals surface area contributed by atoms with Gasteiger partial charge in [-0.1, -0.05) is 303 Å². The van der Waals surface area contributed by atoms with Gasteiger partial charge in [-0.3, -0.25) is 0 Å². The molecule has 7 heterocycles. The first-order chi connectivity index (χ1) is 61.4. The maximum atomic E-state index is 12.9. The third kappa shape index (κ3) is 13.8. The van der Waals surface area contributed by atoms with E-state index in [-0.39, 0.29) is 0 Å². The van der Waals surface area contributed by atoms with Crippen LogP contribution in [-0.4, -0.2) is 78.9 Å². The van der Waals surface area contributed by atoms with Gasteiger partial charge in [-0.05, 0) is 91.0 Å². The van der Waals surface area contributed by atoms with Crippen molar-refractivity contribution >= 4 is 43.6 Å². The fourth-order valence-electron chi connectivity index (χ4n) is 16.2. The number of aromatic nitrogens is 16. The number of benzene rings is 15. The summed E-state index contributed by atoms with van der Waals surface area (Å²) in [6, 6.07) is 134. The van der Waals surface area contributed by atoms with Crippen LogP contribution in [0.3, 0.4) is 0 Å². The molecule has 578 valence electrons. The Morgan fingerprint density at radius 1 is 0.161 bits per heavy atom. The Morgan fingerprint density at radius 2 is 0.339 bits per heavy atom. The van der Waals surface area contributed by atoms with E-state index >= 15 is 0 Å². The van der Waals surface area contributed by atoms with Crippen molar-refractivity contribution < 1.29 is 0 Å². The summed E-state index contributed by atoms with van der Waals surface area (Å²) in [5.74, 6) is 6.38. The molecule has 0 aliphatic rings. The molecule has 15 aromatic carbocycles. The Morgan fingerprint density at radius 3 is 0.532 bits per heavy atom. The standard InChI is InChI=1S/C107H65N17/c108-66-86-93(123-89-55-51-77(103-115-95(69-35-15-3-16-36-69)111-96(116-103)70-37-17-4-18-38-70)59-82(89)83-60-78(52-56-90(83)123)104-117-97(71-39-19-5-20-40-71)112-98(118-104)72-41-21-6-22-42-72)63-81(107-109-87(67-31-11-1-12-32-67)65-88(110-107)68-33-13-2-14-34-68)64-94(86)124-91-57-53-79(105-119-99(73-43-23-7-24-44-73)113-100(120-105)74-45-25-8-26-46-74)61-84(91)85-62-80(54-58-92(85)124)106-121-101(75-47-27-9-28-48-75)114-102(122-106)76-49-29-10-30-50-76/h1-65H. The summed E-state index contributed by atoms with van der Waals surface area (Å²) in [7, 11) is 0. The highest BCUT2D eigenvalue weighted by Gasteiger charge is 2.28. The van der Waals surface area contributed by atoms with E-state index in [2.05, 4.69) is 124 Å². The van der Waals surface area contributed by atoms with Crippen molar-refractivity contribution in [2.75, 3.05) is 0 Å². The second-order valence-corrected chi connectivity index (χ2v) is 29.9. The average Bonchev–Trinajstić information content (AvgIpc) is 1.56. The van der Waals surface area contributed by atoms with Crippen LogP contribution in [-0.2, 0) is 0 Å². The van der Waals surface area contributed by atoms with Gasteiger partial charge in [0.2, 0.25) is 0 Å². The predicted octanol–water partition coefficient (Wildman–Crippen LogP) is 24.3. The zero-order valence-electron chi connectivity index (χ0n) is 66.1. The number of rotatable bonds is 17. The normalized spacial score (nSPS) is 11.4. The second kappa shape index (κ2) is 31.4. The van der Waals surface area contributed by atoms with E-state index in [0.717, 1.165) is 122 Å². The van der Waals surface area contributed by atoms with Crippen LogP contribution < -0.4 is 0 Å². The topological polar surface area (TPSA) is 214 Å². The summed E-state index contributed by atoms with van der Waals surface area (Å²) < 4.78 is 4.38. The second-order valence-electron chi connectivity index (χ2n) is 29.9. The predicted molar refractivity (Wildman–Crippen MR) is 491 cm³/mol. The van der Waals surface area contributed by atoms with E-state index in [1.54, 1.807) is 0 Å². The first kappa shape index (κ1) is 72.9. The van der Waals surface area contributed by atoms with E-state index in [4.69, 9.17) is 69.8 Å². The highest BCUT2D eigenvalue weighted by molar-refractivity contribution is 6.14. The molecule has 0 saturated heterocycles. The number of nitriles is 1. The zero-order valence-corrected chi connectivity index (χ0v) is 66.1. The minimum atomic E-state index is 0.329. The van der Waals surface area contributed by atoms with Crippen LogP contribution in [0.15, 0.2) is 394 Å². The lowest BCUT2D eigenvalue weighted by Gasteiger charge is -2.19. The van der Waals surface area contributed by atoms with Gasteiger partial charge in [0, 0.05) is 105 Å². The van der Waals surface area contributed by atoms with Crippen LogP contribution in [0.5, 0.6) is 0 Å². The molecule has 22 rings (SSSR count). The molecule has 0 bridgehead atoms. The summed E-state index contributed by atoms with van der Waals surface area (Å²) >= 11 is 0. The zero-order chi connectivity index (χ0) is 82.4. The van der Waals surface area contributed by atoms with Crippen LogP contribution in [0, 0.1) is 11.3 Å². The fourth-order valence-corrected chi connectivity index (χ4v) is 16.2. The van der Waals surface area contributed by atoms with Crippen LogP contribution in [0.1, 0.15) is 5.56 Å². The smallest absolute Gasteiger partial charge is 0.164 e. The van der Waals surface area contributed by atoms with E-state index in [1.165, 1.54) is 0 Å². The van der Waals surface area contributed by atoms with Crippen LogP contribution in [0.2, 0.25) is 0 Å². The van der Waals surface area contributed by atoms with Gasteiger partial charge < -0.3 is 9.13 Å². The van der Waals surface area contributed by atoms with Gasteiger partial charge in [-0.2, -0.15) is 5.26 Å². The molecule has 0 aliphatic carbocycles. The largest absolute Gasteiger partial charge is 0.308 e. The highest BCUT2D eigenvalue weighted by atomic mass is 15.1. The van der Waals surface area contributed by atoms with Crippen molar-refractivity contribution in [1.82, 2.24) is 78.9 Å². The lowest BCUT2D eigenvalue weighted by Crippen LogP contribution is -2.06. The Bertz CT molecular complexity index is 6830. The first-order valence-electron chi connectivity index (χ1n) is 40.6. The molecule has 0 fully saturated rings. The molecule has 0 aliphatic heterocycles. The van der Waals surface area contributed by atoms with Crippen molar-refractivity contribution in [2.24, 2.45) is 0 Å². The van der Waals surface area contributed by atoms with Gasteiger partial charge in [0.15, 0.2) is 75.7 Å². The lowest BCUT2D eigenvalue weighted by atomic mass is 10.0. The van der Waals surface area contributed by atoms with Crippen LogP contribution in [0.25, 0.3) is 226 Å². The van der Waals surface area contributed by atoms with Gasteiger partial charge in [-0.25, -0.2) is 69.8 Å². The van der Waals surface area contributed by atoms with E-state index in [0.29, 0.717) is 110 Å². The van der Waals surface area contributed by atoms with Gasteiger partial charge in [0.05, 0.1) is 44.8 Å². The third-order valence-corrected chi connectivity index (χ3v) is 22.2. The summed E-state index contributed by atoms with van der Waals surface area (Å²) in [4.78, 5) is 73.9. The summed E-state index contributed by atoms with van der Waals surface area (Å²) in [6.07, 6.45) is 0. The lowest BCUT2D eigenvalue weighted by molar-refractivity contribution is 1.07. The van der Waals surface area contributed by atoms with E-state index in [9.17, 15) is 5.26 Å². The maximum absolute atomic E-state index is 12.9. The quantitative estimate of drug-likeness (QED) is 0.0829. The molecule has 0 saturated carbocycles. The van der Waals surface area contributed by atoms with Gasteiger partial charge in [-0.15, -0.1) is 0 Å². The number of fused-ring (bicyclic) bond motifs is 6. The Balaban J connectivity index is 0.836. The monoisotopic (exact) mass is 1590 g/mol.